The van der Waals surface area contributed by atoms with E-state index < -0.39 is 0 Å². The van der Waals surface area contributed by atoms with Gasteiger partial charge in [-0.3, -0.25) is 4.79 Å². The van der Waals surface area contributed by atoms with Gasteiger partial charge in [-0.2, -0.15) is 4.98 Å². The third-order valence-corrected chi connectivity index (χ3v) is 2.67. The molecule has 5 nitrogen and oxygen atoms in total. The molecular formula is C13H15N3O2. The number of nitrogens with two attached hydrogens (primary N) is 1. The van der Waals surface area contributed by atoms with Gasteiger partial charge < -0.3 is 15.8 Å². The number of aromatic nitrogens is 2. The molecule has 1 aromatic carbocycles. The molecule has 18 heavy (non-hydrogen) atoms. The van der Waals surface area contributed by atoms with Crippen LogP contribution < -0.4 is 11.3 Å². The molecule has 0 saturated carbocycles. The number of aromatic hydroxyl groups is 1. The molecule has 0 unspecified atom stereocenters. The smallest absolute Gasteiger partial charge is 0.258 e. The van der Waals surface area contributed by atoms with E-state index >= 15 is 0 Å². The van der Waals surface area contributed by atoms with Gasteiger partial charge >= 0.3 is 0 Å². The van der Waals surface area contributed by atoms with Gasteiger partial charge in [0, 0.05) is 11.3 Å². The molecule has 0 bridgehead atoms. The summed E-state index contributed by atoms with van der Waals surface area (Å²) in [5.41, 5.74) is 6.87. The zero-order valence-electron chi connectivity index (χ0n) is 10.3. The first-order valence-electron chi connectivity index (χ1n) is 5.68. The molecule has 4 N–H and O–H groups in total. The average Bonchev–Trinajstić information content (AvgIpc) is 2.27. The van der Waals surface area contributed by atoms with Crippen molar-refractivity contribution in [2.75, 3.05) is 5.73 Å². The highest BCUT2D eigenvalue weighted by atomic mass is 16.3. The van der Waals surface area contributed by atoms with Gasteiger partial charge in [0.1, 0.15) is 5.82 Å². The third-order valence-electron chi connectivity index (χ3n) is 2.67. The lowest BCUT2D eigenvalue weighted by atomic mass is 10.1. The molecule has 0 saturated heterocycles. The fourth-order valence-corrected chi connectivity index (χ4v) is 1.81. The Balaban J connectivity index is 2.59. The highest BCUT2D eigenvalue weighted by Crippen LogP contribution is 2.23. The van der Waals surface area contributed by atoms with Gasteiger partial charge in [0.05, 0.1) is 5.56 Å². The zero-order valence-corrected chi connectivity index (χ0v) is 10.3. The molecule has 0 fully saturated rings. The van der Waals surface area contributed by atoms with Gasteiger partial charge in [-0.25, -0.2) is 0 Å². The Morgan fingerprint density at radius 1 is 1.39 bits per heavy atom. The summed E-state index contributed by atoms with van der Waals surface area (Å²) in [5, 5.41) is 9.81. The molecule has 5 heteroatoms. The van der Waals surface area contributed by atoms with Crippen molar-refractivity contribution >= 4 is 5.69 Å². The highest BCUT2D eigenvalue weighted by molar-refractivity contribution is 5.61. The van der Waals surface area contributed by atoms with Crippen LogP contribution in [0.3, 0.4) is 0 Å². The first-order valence-corrected chi connectivity index (χ1v) is 5.68. The predicted octanol–water partition coefficient (Wildman–Crippen LogP) is 1.85. The second-order valence-electron chi connectivity index (χ2n) is 4.43. The van der Waals surface area contributed by atoms with Crippen LogP contribution in [0, 0.1) is 0 Å². The molecule has 1 heterocycles. The summed E-state index contributed by atoms with van der Waals surface area (Å²) in [6, 6.07) is 6.96. The molecule has 0 aliphatic rings. The fraction of sp³-hybridized carbons (Fsp3) is 0.231. The number of anilines is 1. The topological polar surface area (TPSA) is 92.0 Å². The van der Waals surface area contributed by atoms with E-state index in [1.807, 2.05) is 13.8 Å². The molecule has 94 valence electrons. The van der Waals surface area contributed by atoms with E-state index in [2.05, 4.69) is 9.97 Å². The number of hydrogen-bond donors (Lipinski definition) is 3. The summed E-state index contributed by atoms with van der Waals surface area (Å²) >= 11 is 0. The van der Waals surface area contributed by atoms with Gasteiger partial charge in [-0.15, -0.1) is 0 Å². The van der Waals surface area contributed by atoms with Crippen molar-refractivity contribution < 1.29 is 5.11 Å². The van der Waals surface area contributed by atoms with Crippen LogP contribution in [0.15, 0.2) is 29.1 Å². The lowest BCUT2D eigenvalue weighted by molar-refractivity contribution is 0.440. The maximum Gasteiger partial charge on any atom is 0.258 e. The van der Waals surface area contributed by atoms with Crippen LogP contribution in [0.25, 0.3) is 11.4 Å². The Bertz CT molecular complexity index is 632. The molecule has 1 aromatic heterocycles. The molecule has 0 aliphatic heterocycles. The summed E-state index contributed by atoms with van der Waals surface area (Å²) in [7, 11) is 0. The molecule has 0 atom stereocenters. The van der Waals surface area contributed by atoms with Crippen molar-refractivity contribution in [3.8, 4) is 17.3 Å². The van der Waals surface area contributed by atoms with Crippen LogP contribution in [-0.2, 0) is 0 Å². The van der Waals surface area contributed by atoms with E-state index in [0.29, 0.717) is 22.6 Å². The Kier molecular flexibility index (Phi) is 3.06. The number of H-pyrrole nitrogens is 1. The molecule has 0 radical (unpaired) electrons. The SMILES string of the molecule is CC(C)c1c(O)nc(-c2cccc(N)c2)[nH]c1=O. The Morgan fingerprint density at radius 2 is 2.11 bits per heavy atom. The number of rotatable bonds is 2. The fourth-order valence-electron chi connectivity index (χ4n) is 1.81. The van der Waals surface area contributed by atoms with Gasteiger partial charge in [-0.05, 0) is 18.1 Å². The number of nitrogens with zero attached hydrogens (tertiary/aromatic N) is 1. The monoisotopic (exact) mass is 245 g/mol. The van der Waals surface area contributed by atoms with Crippen LogP contribution in [0.1, 0.15) is 25.3 Å². The van der Waals surface area contributed by atoms with Crippen LogP contribution in [0.4, 0.5) is 5.69 Å². The minimum atomic E-state index is -0.324. The van der Waals surface area contributed by atoms with Gasteiger partial charge in [0.15, 0.2) is 0 Å². The van der Waals surface area contributed by atoms with Crippen molar-refractivity contribution in [2.45, 2.75) is 19.8 Å². The lowest BCUT2D eigenvalue weighted by Gasteiger charge is -2.08. The third kappa shape index (κ3) is 2.20. The summed E-state index contributed by atoms with van der Waals surface area (Å²) in [5.74, 6) is -0.00322. The van der Waals surface area contributed by atoms with E-state index in [4.69, 9.17) is 5.73 Å². The van der Waals surface area contributed by atoms with Crippen molar-refractivity contribution in [2.24, 2.45) is 0 Å². The second-order valence-corrected chi connectivity index (χ2v) is 4.43. The normalized spacial score (nSPS) is 10.8. The van der Waals surface area contributed by atoms with Crippen LogP contribution in [0.5, 0.6) is 5.88 Å². The predicted molar refractivity (Wildman–Crippen MR) is 70.5 cm³/mol. The van der Waals surface area contributed by atoms with Crippen molar-refractivity contribution in [3.05, 3.63) is 40.2 Å². The summed E-state index contributed by atoms with van der Waals surface area (Å²) < 4.78 is 0. The van der Waals surface area contributed by atoms with E-state index in [-0.39, 0.29) is 17.4 Å². The first-order chi connectivity index (χ1) is 8.49. The average molecular weight is 245 g/mol. The Labute approximate surface area is 104 Å². The second kappa shape index (κ2) is 4.52. The molecule has 0 spiro atoms. The number of hydrogen-bond acceptors (Lipinski definition) is 4. The van der Waals surface area contributed by atoms with Gasteiger partial charge in [0.2, 0.25) is 5.88 Å². The van der Waals surface area contributed by atoms with Gasteiger partial charge in [0.25, 0.3) is 5.56 Å². The van der Waals surface area contributed by atoms with E-state index in [0.717, 1.165) is 0 Å². The quantitative estimate of drug-likeness (QED) is 0.704. The molecule has 2 rings (SSSR count). The summed E-state index contributed by atoms with van der Waals surface area (Å²) in [4.78, 5) is 18.5. The van der Waals surface area contributed by atoms with Crippen LogP contribution >= 0.6 is 0 Å². The number of aromatic amines is 1. The highest BCUT2D eigenvalue weighted by Gasteiger charge is 2.14. The lowest BCUT2D eigenvalue weighted by Crippen LogP contribution is -2.16. The Morgan fingerprint density at radius 3 is 2.67 bits per heavy atom. The van der Waals surface area contributed by atoms with E-state index in [1.165, 1.54) is 0 Å². The van der Waals surface area contributed by atoms with Gasteiger partial charge in [-0.1, -0.05) is 26.0 Å². The van der Waals surface area contributed by atoms with Crippen LogP contribution in [-0.4, -0.2) is 15.1 Å². The summed E-state index contributed by atoms with van der Waals surface area (Å²) in [6.07, 6.45) is 0. The maximum atomic E-state index is 11.9. The first kappa shape index (κ1) is 12.2. The largest absolute Gasteiger partial charge is 0.493 e. The van der Waals surface area contributed by atoms with Crippen molar-refractivity contribution in [1.29, 1.82) is 0 Å². The minimum absolute atomic E-state index is 0.0869. The molecule has 0 aliphatic carbocycles. The van der Waals surface area contributed by atoms with Crippen molar-refractivity contribution in [3.63, 3.8) is 0 Å². The number of nitrogens with one attached hydrogen (secondary N) is 1. The maximum absolute atomic E-state index is 11.9. The van der Waals surface area contributed by atoms with E-state index in [9.17, 15) is 9.90 Å². The van der Waals surface area contributed by atoms with E-state index in [1.54, 1.807) is 24.3 Å². The van der Waals surface area contributed by atoms with Crippen molar-refractivity contribution in [1.82, 2.24) is 9.97 Å². The Hall–Kier alpha value is -2.30. The van der Waals surface area contributed by atoms with Crippen LogP contribution in [0.2, 0.25) is 0 Å². The molecule has 0 amide bonds. The molecule has 2 aromatic rings. The standard InChI is InChI=1S/C13H15N3O2/c1-7(2)10-12(17)15-11(16-13(10)18)8-4-3-5-9(14)6-8/h3-7H,14H2,1-2H3,(H2,15,16,17,18). The molecular weight excluding hydrogens is 230 g/mol. The summed E-state index contributed by atoms with van der Waals surface area (Å²) in [6.45, 7) is 3.65. The minimum Gasteiger partial charge on any atom is -0.493 e. The number of benzene rings is 1. The number of nitrogen functional groups attached to an aromatic ring is 1. The zero-order chi connectivity index (χ0) is 13.3.